The average molecular weight is 557 g/mol. The number of hydrogen-bond acceptors (Lipinski definition) is 6. The van der Waals surface area contributed by atoms with Crippen molar-refractivity contribution in [2.24, 2.45) is 11.8 Å². The van der Waals surface area contributed by atoms with Crippen molar-refractivity contribution in [1.82, 2.24) is 4.90 Å². The van der Waals surface area contributed by atoms with E-state index >= 15 is 0 Å². The first-order valence-corrected chi connectivity index (χ1v) is 13.7. The van der Waals surface area contributed by atoms with E-state index in [2.05, 4.69) is 0 Å². The molecule has 5 rings (SSSR count). The van der Waals surface area contributed by atoms with Gasteiger partial charge in [-0.3, -0.25) is 14.4 Å². The normalized spacial score (nSPS) is 23.2. The highest BCUT2D eigenvalue weighted by atomic mass is 35.5. The summed E-state index contributed by atoms with van der Waals surface area (Å²) in [4.78, 5) is 42.3. The Labute approximate surface area is 232 Å². The number of carbonyl (C=O) groups excluding carboxylic acids is 2. The summed E-state index contributed by atoms with van der Waals surface area (Å²) in [6, 6.07) is 10.8. The quantitative estimate of drug-likeness (QED) is 0.516. The van der Waals surface area contributed by atoms with Crippen LogP contribution in [0, 0.1) is 11.8 Å². The molecule has 2 fully saturated rings. The topological polar surface area (TPSA) is 106 Å². The van der Waals surface area contributed by atoms with Crippen molar-refractivity contribution in [2.45, 2.75) is 44.3 Å². The van der Waals surface area contributed by atoms with E-state index in [1.165, 1.54) is 7.11 Å². The lowest BCUT2D eigenvalue weighted by Gasteiger charge is -2.32. The summed E-state index contributed by atoms with van der Waals surface area (Å²) in [6.45, 7) is 1.11. The summed E-state index contributed by atoms with van der Waals surface area (Å²) in [6.07, 6.45) is 1.14. The van der Waals surface area contributed by atoms with Gasteiger partial charge in [0.05, 0.1) is 26.6 Å². The zero-order valence-electron chi connectivity index (χ0n) is 22.1. The summed E-state index contributed by atoms with van der Waals surface area (Å²) < 4.78 is 17.8. The molecular formula is C29H33ClN2O7. The summed E-state index contributed by atoms with van der Waals surface area (Å²) in [5, 5.41) is 9.97. The number of nitrogens with zero attached hydrogens (tertiary/aromatic N) is 2. The number of anilines is 1. The average Bonchev–Trinajstić information content (AvgIpc) is 3.78. The zero-order valence-corrected chi connectivity index (χ0v) is 22.9. The summed E-state index contributed by atoms with van der Waals surface area (Å²) in [5.74, 6) is -0.767. The van der Waals surface area contributed by atoms with E-state index in [4.69, 9.17) is 25.8 Å². The number of halogens is 1. The molecule has 3 atom stereocenters. The Kier molecular flexibility index (Phi) is 8.00. The van der Waals surface area contributed by atoms with Gasteiger partial charge in [0.2, 0.25) is 5.91 Å². The molecule has 1 unspecified atom stereocenters. The van der Waals surface area contributed by atoms with Crippen LogP contribution >= 0.6 is 11.6 Å². The number of hydrogen-bond donors (Lipinski definition) is 1. The van der Waals surface area contributed by atoms with Gasteiger partial charge >= 0.3 is 5.97 Å². The van der Waals surface area contributed by atoms with Crippen molar-refractivity contribution in [1.29, 1.82) is 0 Å². The number of aliphatic carboxylic acids is 1. The van der Waals surface area contributed by atoms with Gasteiger partial charge in [0.15, 0.2) is 11.5 Å². The molecule has 1 saturated carbocycles. The van der Waals surface area contributed by atoms with Crippen LogP contribution in [-0.4, -0.2) is 67.7 Å². The predicted molar refractivity (Wildman–Crippen MR) is 144 cm³/mol. The van der Waals surface area contributed by atoms with Crippen LogP contribution in [0.3, 0.4) is 0 Å². The maximum Gasteiger partial charge on any atom is 0.308 e. The first-order chi connectivity index (χ1) is 18.8. The molecule has 1 aliphatic carbocycles. The minimum Gasteiger partial charge on any atom is -0.493 e. The van der Waals surface area contributed by atoms with Crippen LogP contribution in [0.1, 0.15) is 49.3 Å². The third kappa shape index (κ3) is 5.70. The Hall–Kier alpha value is -3.30. The van der Waals surface area contributed by atoms with Crippen LogP contribution in [0.15, 0.2) is 36.4 Å². The van der Waals surface area contributed by atoms with Crippen molar-refractivity contribution < 1.29 is 33.7 Å². The lowest BCUT2D eigenvalue weighted by Crippen LogP contribution is -2.46. The van der Waals surface area contributed by atoms with E-state index in [1.54, 1.807) is 35.1 Å². The molecule has 1 N–H and O–H groups in total. The van der Waals surface area contributed by atoms with E-state index in [9.17, 15) is 19.5 Å². The van der Waals surface area contributed by atoms with E-state index in [0.29, 0.717) is 65.2 Å². The molecule has 0 bridgehead atoms. The zero-order chi connectivity index (χ0) is 27.7. The SMILES string of the molecule is COc1cccc([C@@H]2O[C@@H](CC(=O)N3CCCC(C(=O)O)C3)C(=O)N(CC3CC3)c3ccc(Cl)cc32)c1OC. The highest BCUT2D eigenvalue weighted by molar-refractivity contribution is 6.30. The molecule has 208 valence electrons. The van der Waals surface area contributed by atoms with Gasteiger partial charge in [-0.1, -0.05) is 23.7 Å². The molecule has 39 heavy (non-hydrogen) atoms. The molecule has 2 aromatic carbocycles. The number of carboxylic acid groups (broad SMARTS) is 1. The van der Waals surface area contributed by atoms with Crippen molar-refractivity contribution >= 4 is 35.1 Å². The van der Waals surface area contributed by atoms with Crippen LogP contribution in [0.25, 0.3) is 0 Å². The Morgan fingerprint density at radius 2 is 1.90 bits per heavy atom. The van der Waals surface area contributed by atoms with Crippen LogP contribution < -0.4 is 14.4 Å². The van der Waals surface area contributed by atoms with Crippen molar-refractivity contribution in [3.05, 3.63) is 52.5 Å². The fourth-order valence-electron chi connectivity index (χ4n) is 5.50. The molecule has 0 aromatic heterocycles. The number of ether oxygens (including phenoxy) is 3. The van der Waals surface area contributed by atoms with E-state index in [1.807, 2.05) is 18.2 Å². The second-order valence-corrected chi connectivity index (χ2v) is 10.8. The van der Waals surface area contributed by atoms with E-state index < -0.39 is 24.1 Å². The molecule has 10 heteroatoms. The van der Waals surface area contributed by atoms with Gasteiger partial charge in [-0.25, -0.2) is 0 Å². The molecule has 3 aliphatic rings. The largest absolute Gasteiger partial charge is 0.493 e. The summed E-state index contributed by atoms with van der Waals surface area (Å²) in [5.41, 5.74) is 2.02. The van der Waals surface area contributed by atoms with Crippen molar-refractivity contribution in [3.63, 3.8) is 0 Å². The van der Waals surface area contributed by atoms with Crippen LogP contribution in [0.5, 0.6) is 11.5 Å². The van der Waals surface area contributed by atoms with Crippen molar-refractivity contribution in [2.75, 3.05) is 38.8 Å². The van der Waals surface area contributed by atoms with Gasteiger partial charge in [-0.15, -0.1) is 0 Å². The van der Waals surface area contributed by atoms with Gasteiger partial charge in [0.1, 0.15) is 12.2 Å². The number of carboxylic acids is 1. The van der Waals surface area contributed by atoms with Gasteiger partial charge in [-0.2, -0.15) is 0 Å². The predicted octanol–water partition coefficient (Wildman–Crippen LogP) is 4.30. The Morgan fingerprint density at radius 3 is 2.59 bits per heavy atom. The third-order valence-corrected chi connectivity index (χ3v) is 7.98. The number of carbonyl (C=O) groups is 3. The third-order valence-electron chi connectivity index (χ3n) is 7.74. The number of fused-ring (bicyclic) bond motifs is 1. The highest BCUT2D eigenvalue weighted by Crippen LogP contribution is 2.46. The molecule has 2 aliphatic heterocycles. The van der Waals surface area contributed by atoms with Gasteiger partial charge in [-0.05, 0) is 55.9 Å². The minimum absolute atomic E-state index is 0.129. The van der Waals surface area contributed by atoms with E-state index in [-0.39, 0.29) is 24.8 Å². The first kappa shape index (κ1) is 27.3. The number of amides is 2. The molecule has 1 saturated heterocycles. The Morgan fingerprint density at radius 1 is 1.10 bits per heavy atom. The number of benzene rings is 2. The lowest BCUT2D eigenvalue weighted by molar-refractivity contribution is -0.148. The second-order valence-electron chi connectivity index (χ2n) is 10.4. The van der Waals surface area contributed by atoms with Crippen molar-refractivity contribution in [3.8, 4) is 11.5 Å². The molecule has 2 amide bonds. The molecular weight excluding hydrogens is 524 g/mol. The number of piperidine rings is 1. The molecule has 2 aromatic rings. The fraction of sp³-hybridized carbons (Fsp3) is 0.483. The number of rotatable bonds is 8. The first-order valence-electron chi connectivity index (χ1n) is 13.3. The van der Waals surface area contributed by atoms with Crippen LogP contribution in [-0.2, 0) is 19.1 Å². The molecule has 2 heterocycles. The standard InChI is InChI=1S/C29H33ClN2O7/c1-37-23-7-3-6-20(27(23)38-2)26-21-13-19(30)10-11-22(21)32(15-17-8-9-17)28(34)24(39-26)14-25(33)31-12-4-5-18(16-31)29(35)36/h3,6-7,10-11,13,17-18,24,26H,4-5,8-9,12,14-16H2,1-2H3,(H,35,36)/t18?,24-,26-/m0/s1. The van der Waals surface area contributed by atoms with Crippen LogP contribution in [0.2, 0.25) is 5.02 Å². The second kappa shape index (κ2) is 11.4. The number of para-hydroxylation sites is 1. The van der Waals surface area contributed by atoms with Gasteiger partial charge < -0.3 is 29.1 Å². The summed E-state index contributed by atoms with van der Waals surface area (Å²) >= 11 is 6.45. The smallest absolute Gasteiger partial charge is 0.308 e. The minimum atomic E-state index is -1.09. The van der Waals surface area contributed by atoms with E-state index in [0.717, 1.165) is 12.8 Å². The Balaban J connectivity index is 1.55. The molecule has 9 nitrogen and oxygen atoms in total. The van der Waals surface area contributed by atoms with Crippen LogP contribution in [0.4, 0.5) is 5.69 Å². The molecule has 0 spiro atoms. The Bertz CT molecular complexity index is 1260. The highest BCUT2D eigenvalue weighted by Gasteiger charge is 2.41. The fourth-order valence-corrected chi connectivity index (χ4v) is 5.68. The summed E-state index contributed by atoms with van der Waals surface area (Å²) in [7, 11) is 3.09. The number of likely N-dealkylation sites (tertiary alicyclic amines) is 1. The maximum absolute atomic E-state index is 14.0. The maximum atomic E-state index is 14.0. The van der Waals surface area contributed by atoms with Gasteiger partial charge in [0.25, 0.3) is 5.91 Å². The lowest BCUT2D eigenvalue weighted by atomic mass is 9.97. The van der Waals surface area contributed by atoms with Gasteiger partial charge in [0, 0.05) is 41.5 Å². The monoisotopic (exact) mass is 556 g/mol. The number of methoxy groups -OCH3 is 2. The molecule has 0 radical (unpaired) electrons.